The third-order valence-electron chi connectivity index (χ3n) is 2.48. The summed E-state index contributed by atoms with van der Waals surface area (Å²) in [6.45, 7) is 3.51. The maximum atomic E-state index is 6.14. The van der Waals surface area contributed by atoms with Crippen LogP contribution in [-0.4, -0.2) is 42.8 Å². The summed E-state index contributed by atoms with van der Waals surface area (Å²) in [6.07, 6.45) is 0.656. The Morgan fingerprint density at radius 2 is 2.18 bits per heavy atom. The molecule has 1 aromatic rings. The highest BCUT2D eigenvalue weighted by atomic mass is 35.5. The Kier molecular flexibility index (Phi) is 5.91. The van der Waals surface area contributed by atoms with Crippen LogP contribution < -0.4 is 5.73 Å². The van der Waals surface area contributed by atoms with Gasteiger partial charge in [-0.15, -0.1) is 0 Å². The Labute approximate surface area is 107 Å². The third kappa shape index (κ3) is 4.27. The Balaban J connectivity index is 2.42. The third-order valence-corrected chi connectivity index (χ3v) is 2.97. The summed E-state index contributed by atoms with van der Waals surface area (Å²) < 4.78 is 12.0. The van der Waals surface area contributed by atoms with Gasteiger partial charge in [-0.2, -0.15) is 5.10 Å². The smallest absolute Gasteiger partial charge is 0.0847 e. The van der Waals surface area contributed by atoms with Crippen molar-refractivity contribution in [1.82, 2.24) is 9.78 Å². The number of nitrogens with zero attached hydrogens (tertiary/aromatic N) is 2. The van der Waals surface area contributed by atoms with Gasteiger partial charge in [-0.3, -0.25) is 4.68 Å². The van der Waals surface area contributed by atoms with E-state index in [1.54, 1.807) is 11.8 Å². The van der Waals surface area contributed by atoms with Gasteiger partial charge in [0.25, 0.3) is 0 Å². The molecule has 1 atom stereocenters. The molecular formula is C11H20ClN3O2. The van der Waals surface area contributed by atoms with E-state index in [1.807, 2.05) is 14.0 Å². The zero-order valence-corrected chi connectivity index (χ0v) is 11.3. The van der Waals surface area contributed by atoms with Crippen LogP contribution in [0.3, 0.4) is 0 Å². The van der Waals surface area contributed by atoms with Gasteiger partial charge in [-0.1, -0.05) is 11.6 Å². The second-order valence-electron chi connectivity index (χ2n) is 4.00. The molecule has 0 fully saturated rings. The Hall–Kier alpha value is -0.620. The fraction of sp³-hybridized carbons (Fsp3) is 0.727. The molecule has 0 aliphatic carbocycles. The van der Waals surface area contributed by atoms with Gasteiger partial charge in [0, 0.05) is 26.6 Å². The fourth-order valence-corrected chi connectivity index (χ4v) is 1.82. The molecule has 0 aliphatic rings. The quantitative estimate of drug-likeness (QED) is 0.742. The summed E-state index contributed by atoms with van der Waals surface area (Å²) in [6, 6.07) is -0.0841. The van der Waals surface area contributed by atoms with Crippen molar-refractivity contribution in [2.45, 2.75) is 19.4 Å². The fourth-order valence-electron chi connectivity index (χ4n) is 1.59. The van der Waals surface area contributed by atoms with Crippen molar-refractivity contribution in [3.05, 3.63) is 16.4 Å². The molecule has 0 radical (unpaired) electrons. The molecule has 98 valence electrons. The molecule has 1 heterocycles. The summed E-state index contributed by atoms with van der Waals surface area (Å²) >= 11 is 6.14. The number of nitrogens with two attached hydrogens (primary N) is 1. The number of aromatic nitrogens is 2. The molecule has 1 aromatic heterocycles. The van der Waals surface area contributed by atoms with Gasteiger partial charge in [-0.05, 0) is 6.92 Å². The first kappa shape index (κ1) is 14.4. The minimum absolute atomic E-state index is 0.0841. The molecule has 0 aliphatic heterocycles. The molecule has 0 aromatic carbocycles. The number of hydrogen-bond acceptors (Lipinski definition) is 4. The predicted octanol–water partition coefficient (Wildman–Crippen LogP) is 0.915. The molecule has 0 amide bonds. The maximum Gasteiger partial charge on any atom is 0.0847 e. The highest BCUT2D eigenvalue weighted by Crippen LogP contribution is 2.20. The SMILES string of the molecule is COCCOCC(N)Cc1c(Cl)c(C)nn1C. The van der Waals surface area contributed by atoms with E-state index in [9.17, 15) is 0 Å². The number of hydrogen-bond donors (Lipinski definition) is 1. The van der Waals surface area contributed by atoms with E-state index >= 15 is 0 Å². The zero-order valence-electron chi connectivity index (χ0n) is 10.6. The minimum atomic E-state index is -0.0841. The second-order valence-corrected chi connectivity index (χ2v) is 4.38. The van der Waals surface area contributed by atoms with Crippen molar-refractivity contribution in [3.8, 4) is 0 Å². The monoisotopic (exact) mass is 261 g/mol. The summed E-state index contributed by atoms with van der Waals surface area (Å²) in [7, 11) is 3.51. The molecular weight excluding hydrogens is 242 g/mol. The van der Waals surface area contributed by atoms with E-state index in [2.05, 4.69) is 5.10 Å². The van der Waals surface area contributed by atoms with E-state index in [4.69, 9.17) is 26.8 Å². The van der Waals surface area contributed by atoms with Crippen molar-refractivity contribution >= 4 is 11.6 Å². The van der Waals surface area contributed by atoms with Crippen LogP contribution in [0, 0.1) is 6.92 Å². The van der Waals surface area contributed by atoms with Crippen LogP contribution in [0.15, 0.2) is 0 Å². The van der Waals surface area contributed by atoms with E-state index in [1.165, 1.54) is 0 Å². The largest absolute Gasteiger partial charge is 0.382 e. The van der Waals surface area contributed by atoms with Crippen molar-refractivity contribution in [2.24, 2.45) is 12.8 Å². The van der Waals surface area contributed by atoms with Crippen molar-refractivity contribution in [1.29, 1.82) is 0 Å². The highest BCUT2D eigenvalue weighted by Gasteiger charge is 2.14. The van der Waals surface area contributed by atoms with Crippen LogP contribution in [0.5, 0.6) is 0 Å². The lowest BCUT2D eigenvalue weighted by Crippen LogP contribution is -2.30. The maximum absolute atomic E-state index is 6.14. The van der Waals surface area contributed by atoms with Crippen LogP contribution in [0.4, 0.5) is 0 Å². The summed E-state index contributed by atoms with van der Waals surface area (Å²) in [5, 5.41) is 4.94. The van der Waals surface area contributed by atoms with Gasteiger partial charge < -0.3 is 15.2 Å². The molecule has 6 heteroatoms. The van der Waals surface area contributed by atoms with Crippen molar-refractivity contribution in [3.63, 3.8) is 0 Å². The molecule has 2 N–H and O–H groups in total. The number of rotatable bonds is 7. The van der Waals surface area contributed by atoms with E-state index < -0.39 is 0 Å². The van der Waals surface area contributed by atoms with Crippen molar-refractivity contribution in [2.75, 3.05) is 26.9 Å². The molecule has 17 heavy (non-hydrogen) atoms. The molecule has 1 rings (SSSR count). The molecule has 5 nitrogen and oxygen atoms in total. The first-order valence-electron chi connectivity index (χ1n) is 5.56. The van der Waals surface area contributed by atoms with Crippen LogP contribution in [0.2, 0.25) is 5.02 Å². The van der Waals surface area contributed by atoms with Crippen LogP contribution >= 0.6 is 11.6 Å². The van der Waals surface area contributed by atoms with Crippen LogP contribution in [0.25, 0.3) is 0 Å². The lowest BCUT2D eigenvalue weighted by Gasteiger charge is -2.12. The van der Waals surface area contributed by atoms with Gasteiger partial charge in [0.1, 0.15) is 0 Å². The average molecular weight is 262 g/mol. The van der Waals surface area contributed by atoms with Crippen LogP contribution in [-0.2, 0) is 22.9 Å². The summed E-state index contributed by atoms with van der Waals surface area (Å²) in [4.78, 5) is 0. The number of methoxy groups -OCH3 is 1. The van der Waals surface area contributed by atoms with Gasteiger partial charge in [0.15, 0.2) is 0 Å². The van der Waals surface area contributed by atoms with Gasteiger partial charge in [-0.25, -0.2) is 0 Å². The van der Waals surface area contributed by atoms with E-state index in [0.717, 1.165) is 11.4 Å². The average Bonchev–Trinajstić information content (AvgIpc) is 2.52. The Morgan fingerprint density at radius 1 is 1.47 bits per heavy atom. The molecule has 0 bridgehead atoms. The number of halogens is 1. The van der Waals surface area contributed by atoms with Gasteiger partial charge in [0.2, 0.25) is 0 Å². The second kappa shape index (κ2) is 6.96. The first-order chi connectivity index (χ1) is 8.06. The topological polar surface area (TPSA) is 62.3 Å². The van der Waals surface area contributed by atoms with E-state index in [0.29, 0.717) is 31.3 Å². The molecule has 1 unspecified atom stereocenters. The van der Waals surface area contributed by atoms with Crippen LogP contribution in [0.1, 0.15) is 11.4 Å². The lowest BCUT2D eigenvalue weighted by molar-refractivity contribution is 0.0635. The Morgan fingerprint density at radius 3 is 2.71 bits per heavy atom. The summed E-state index contributed by atoms with van der Waals surface area (Å²) in [5.41, 5.74) is 7.75. The van der Waals surface area contributed by atoms with Gasteiger partial charge >= 0.3 is 0 Å². The van der Waals surface area contributed by atoms with Gasteiger partial charge in [0.05, 0.1) is 36.2 Å². The zero-order chi connectivity index (χ0) is 12.8. The number of aryl methyl sites for hydroxylation is 2. The highest BCUT2D eigenvalue weighted by molar-refractivity contribution is 6.31. The van der Waals surface area contributed by atoms with Crippen molar-refractivity contribution < 1.29 is 9.47 Å². The lowest BCUT2D eigenvalue weighted by atomic mass is 10.1. The number of ether oxygens (including phenoxy) is 2. The standard InChI is InChI=1S/C11H20ClN3O2/c1-8-11(12)10(15(2)14-8)6-9(13)7-17-5-4-16-3/h9H,4-7,13H2,1-3H3. The molecule has 0 saturated carbocycles. The minimum Gasteiger partial charge on any atom is -0.382 e. The predicted molar refractivity (Wildman–Crippen MR) is 67.3 cm³/mol. The summed E-state index contributed by atoms with van der Waals surface area (Å²) in [5.74, 6) is 0. The molecule has 0 saturated heterocycles. The Bertz CT molecular complexity index is 355. The van der Waals surface area contributed by atoms with E-state index in [-0.39, 0.29) is 6.04 Å². The first-order valence-corrected chi connectivity index (χ1v) is 5.94. The molecule has 0 spiro atoms. The normalized spacial score (nSPS) is 13.0.